The predicted molar refractivity (Wildman–Crippen MR) is 110 cm³/mol. The quantitative estimate of drug-likeness (QED) is 0.596. The van der Waals surface area contributed by atoms with Gasteiger partial charge >= 0.3 is 0 Å². The molecule has 6 nitrogen and oxygen atoms in total. The molecule has 0 aliphatic rings. The van der Waals surface area contributed by atoms with Crippen LogP contribution in [0.3, 0.4) is 0 Å². The summed E-state index contributed by atoms with van der Waals surface area (Å²) in [5, 5.41) is 2.46. The van der Waals surface area contributed by atoms with Crippen LogP contribution in [0.1, 0.15) is 10.4 Å². The van der Waals surface area contributed by atoms with Crippen LogP contribution in [-0.2, 0) is 10.0 Å². The lowest BCUT2D eigenvalue weighted by atomic mass is 10.2. The van der Waals surface area contributed by atoms with Crippen molar-refractivity contribution in [3.63, 3.8) is 0 Å². The Morgan fingerprint density at radius 1 is 1.00 bits per heavy atom. The number of halogens is 2. The molecular formula is C20H16ClFN2O4S. The van der Waals surface area contributed by atoms with Crippen LogP contribution in [0.15, 0.2) is 71.6 Å². The van der Waals surface area contributed by atoms with E-state index in [0.29, 0.717) is 11.4 Å². The lowest BCUT2D eigenvalue weighted by Gasteiger charge is -2.11. The van der Waals surface area contributed by atoms with E-state index in [1.165, 1.54) is 61.7 Å². The van der Waals surface area contributed by atoms with E-state index in [-0.39, 0.29) is 21.2 Å². The van der Waals surface area contributed by atoms with Crippen LogP contribution in [0.2, 0.25) is 5.02 Å². The second kappa shape index (κ2) is 8.50. The second-order valence-electron chi connectivity index (χ2n) is 5.94. The van der Waals surface area contributed by atoms with E-state index in [9.17, 15) is 17.6 Å². The van der Waals surface area contributed by atoms with Crippen molar-refractivity contribution in [1.82, 2.24) is 0 Å². The van der Waals surface area contributed by atoms with Crippen LogP contribution in [-0.4, -0.2) is 21.4 Å². The Morgan fingerprint density at radius 3 is 2.38 bits per heavy atom. The fourth-order valence-electron chi connectivity index (χ4n) is 2.47. The number of benzene rings is 3. The number of anilines is 2. The first-order valence-electron chi connectivity index (χ1n) is 8.32. The zero-order valence-corrected chi connectivity index (χ0v) is 16.7. The highest BCUT2D eigenvalue weighted by atomic mass is 35.5. The molecule has 0 bridgehead atoms. The Labute approximate surface area is 172 Å². The highest BCUT2D eigenvalue weighted by molar-refractivity contribution is 7.92. The molecule has 29 heavy (non-hydrogen) atoms. The molecule has 3 rings (SSSR count). The van der Waals surface area contributed by atoms with Crippen molar-refractivity contribution in [1.29, 1.82) is 0 Å². The number of carbonyl (C=O) groups excluding carboxylic acids is 1. The van der Waals surface area contributed by atoms with Crippen LogP contribution in [0.25, 0.3) is 0 Å². The maximum Gasteiger partial charge on any atom is 0.261 e. The number of methoxy groups -OCH3 is 1. The van der Waals surface area contributed by atoms with E-state index >= 15 is 0 Å². The van der Waals surface area contributed by atoms with Gasteiger partial charge in [-0.2, -0.15) is 0 Å². The fourth-order valence-corrected chi connectivity index (χ4v) is 3.70. The Balaban J connectivity index is 1.77. The van der Waals surface area contributed by atoms with Crippen molar-refractivity contribution >= 4 is 38.9 Å². The average molecular weight is 435 g/mol. The lowest BCUT2D eigenvalue weighted by molar-refractivity contribution is 0.102. The van der Waals surface area contributed by atoms with Gasteiger partial charge in [-0.1, -0.05) is 17.7 Å². The molecule has 2 N–H and O–H groups in total. The second-order valence-corrected chi connectivity index (χ2v) is 8.03. The SMILES string of the molecule is COc1ccc(S(=O)(=O)Nc2cccc(C(=O)Nc3ccc(F)c(Cl)c3)c2)cc1. The zero-order valence-electron chi connectivity index (χ0n) is 15.1. The maximum absolute atomic E-state index is 13.2. The Morgan fingerprint density at radius 2 is 1.72 bits per heavy atom. The molecule has 0 unspecified atom stereocenters. The van der Waals surface area contributed by atoms with E-state index in [4.69, 9.17) is 16.3 Å². The average Bonchev–Trinajstić information content (AvgIpc) is 2.70. The van der Waals surface area contributed by atoms with Gasteiger partial charge in [0, 0.05) is 16.9 Å². The first kappa shape index (κ1) is 20.6. The summed E-state index contributed by atoms with van der Waals surface area (Å²) in [6, 6.07) is 15.7. The van der Waals surface area contributed by atoms with E-state index in [0.717, 1.165) is 6.07 Å². The highest BCUT2D eigenvalue weighted by Gasteiger charge is 2.15. The summed E-state index contributed by atoms with van der Waals surface area (Å²) >= 11 is 5.71. The molecule has 1 amide bonds. The standard InChI is InChI=1S/C20H16ClFN2O4S/c1-28-16-6-8-17(9-7-16)29(26,27)24-15-4-2-3-13(11-15)20(25)23-14-5-10-19(22)18(21)12-14/h2-12,24H,1H3,(H,23,25). The molecule has 0 fully saturated rings. The van der Waals surface area contributed by atoms with E-state index in [1.54, 1.807) is 6.07 Å². The Hall–Kier alpha value is -3.10. The third kappa shape index (κ3) is 5.04. The van der Waals surface area contributed by atoms with Crippen LogP contribution >= 0.6 is 11.6 Å². The summed E-state index contributed by atoms with van der Waals surface area (Å²) < 4.78 is 45.8. The zero-order chi connectivity index (χ0) is 21.0. The van der Waals surface area contributed by atoms with Gasteiger partial charge in [-0.3, -0.25) is 9.52 Å². The fraction of sp³-hybridized carbons (Fsp3) is 0.0500. The summed E-state index contributed by atoms with van der Waals surface area (Å²) in [7, 11) is -2.36. The molecule has 3 aromatic rings. The molecule has 0 atom stereocenters. The molecule has 0 aliphatic heterocycles. The first-order valence-corrected chi connectivity index (χ1v) is 10.2. The number of ether oxygens (including phenoxy) is 1. The summed E-state index contributed by atoms with van der Waals surface area (Å²) in [6.45, 7) is 0. The molecule has 0 aromatic heterocycles. The van der Waals surface area contributed by atoms with Gasteiger partial charge in [0.25, 0.3) is 15.9 Å². The molecule has 3 aromatic carbocycles. The summed E-state index contributed by atoms with van der Waals surface area (Å²) in [4.78, 5) is 12.5. The van der Waals surface area contributed by atoms with E-state index in [2.05, 4.69) is 10.0 Å². The van der Waals surface area contributed by atoms with Gasteiger partial charge in [-0.05, 0) is 60.7 Å². The predicted octanol–water partition coefficient (Wildman–Crippen LogP) is 4.54. The molecule has 0 spiro atoms. The van der Waals surface area contributed by atoms with E-state index < -0.39 is 21.7 Å². The Bertz CT molecular complexity index is 1150. The number of carbonyl (C=O) groups is 1. The minimum Gasteiger partial charge on any atom is -0.497 e. The summed E-state index contributed by atoms with van der Waals surface area (Å²) in [5.74, 6) is -0.568. The molecule has 0 heterocycles. The van der Waals surface area contributed by atoms with Gasteiger partial charge in [0.2, 0.25) is 0 Å². The normalized spacial score (nSPS) is 11.0. The smallest absolute Gasteiger partial charge is 0.261 e. The van der Waals surface area contributed by atoms with Gasteiger partial charge < -0.3 is 10.1 Å². The van der Waals surface area contributed by atoms with Crippen molar-refractivity contribution < 1.29 is 22.3 Å². The molecule has 150 valence electrons. The summed E-state index contributed by atoms with van der Waals surface area (Å²) in [6.07, 6.45) is 0. The number of rotatable bonds is 6. The minimum absolute atomic E-state index is 0.0501. The number of nitrogens with one attached hydrogen (secondary N) is 2. The van der Waals surface area contributed by atoms with Gasteiger partial charge in [0.05, 0.1) is 17.0 Å². The minimum atomic E-state index is -3.85. The van der Waals surface area contributed by atoms with Gasteiger partial charge in [-0.15, -0.1) is 0 Å². The highest BCUT2D eigenvalue weighted by Crippen LogP contribution is 2.22. The third-order valence-corrected chi connectivity index (χ3v) is 5.61. The Kier molecular flexibility index (Phi) is 6.05. The monoisotopic (exact) mass is 434 g/mol. The van der Waals surface area contributed by atoms with Crippen molar-refractivity contribution in [2.24, 2.45) is 0 Å². The molecule has 0 radical (unpaired) electrons. The van der Waals surface area contributed by atoms with Crippen LogP contribution in [0.4, 0.5) is 15.8 Å². The molecule has 0 saturated heterocycles. The number of sulfonamides is 1. The topological polar surface area (TPSA) is 84.5 Å². The molecule has 0 aliphatic carbocycles. The van der Waals surface area contributed by atoms with E-state index in [1.807, 2.05) is 0 Å². The van der Waals surface area contributed by atoms with Crippen molar-refractivity contribution in [3.05, 3.63) is 83.1 Å². The maximum atomic E-state index is 13.2. The largest absolute Gasteiger partial charge is 0.497 e. The molecule has 9 heteroatoms. The van der Waals surface area contributed by atoms with Gasteiger partial charge in [0.15, 0.2) is 0 Å². The number of hydrogen-bond acceptors (Lipinski definition) is 4. The van der Waals surface area contributed by atoms with Crippen molar-refractivity contribution in [2.75, 3.05) is 17.1 Å². The number of amides is 1. The molecular weight excluding hydrogens is 419 g/mol. The van der Waals surface area contributed by atoms with Gasteiger partial charge in [0.1, 0.15) is 11.6 Å². The van der Waals surface area contributed by atoms with Crippen LogP contribution in [0, 0.1) is 5.82 Å². The lowest BCUT2D eigenvalue weighted by Crippen LogP contribution is -2.15. The first-order chi connectivity index (χ1) is 13.8. The van der Waals surface area contributed by atoms with Crippen LogP contribution < -0.4 is 14.8 Å². The summed E-state index contributed by atoms with van der Waals surface area (Å²) in [5.41, 5.74) is 0.733. The van der Waals surface area contributed by atoms with Crippen LogP contribution in [0.5, 0.6) is 5.75 Å². The van der Waals surface area contributed by atoms with Crippen molar-refractivity contribution in [2.45, 2.75) is 4.90 Å². The van der Waals surface area contributed by atoms with Gasteiger partial charge in [-0.25, -0.2) is 12.8 Å². The third-order valence-electron chi connectivity index (χ3n) is 3.92. The number of hydrogen-bond donors (Lipinski definition) is 2. The molecule has 0 saturated carbocycles. The van der Waals surface area contributed by atoms with Crippen molar-refractivity contribution in [3.8, 4) is 5.75 Å².